The number of rotatable bonds is 5. The molecule has 4 rings (SSSR count). The van der Waals surface area contributed by atoms with Gasteiger partial charge in [-0.25, -0.2) is 8.78 Å². The maximum Gasteiger partial charge on any atom is 0.288 e. The second kappa shape index (κ2) is 7.81. The fourth-order valence-electron chi connectivity index (χ4n) is 4.74. The monoisotopic (exact) mass is 451 g/mol. The molecule has 0 saturated carbocycles. The number of hydrogen-bond acceptors (Lipinski definition) is 5. The molecule has 0 aromatic heterocycles. The maximum atomic E-state index is 13.5. The lowest BCUT2D eigenvalue weighted by Crippen LogP contribution is -2.63. The predicted molar refractivity (Wildman–Crippen MR) is 110 cm³/mol. The number of Topliss-reactive ketones (excluding diaryl/α,β-unsaturated/α-hetero) is 1. The number of amides is 2. The second-order valence-corrected chi connectivity index (χ2v) is 10.1. The lowest BCUT2D eigenvalue weighted by atomic mass is 9.88. The number of nitrogens with one attached hydrogen (secondary N) is 2. The predicted octanol–water partition coefficient (Wildman–Crippen LogP) is 1.48. The van der Waals surface area contributed by atoms with E-state index in [1.54, 1.807) is 13.8 Å². The number of anilines is 1. The van der Waals surface area contributed by atoms with Crippen LogP contribution < -0.4 is 10.6 Å². The highest BCUT2D eigenvalue weighted by atomic mass is 32.2. The lowest BCUT2D eigenvalue weighted by Gasteiger charge is -2.38. The van der Waals surface area contributed by atoms with E-state index in [2.05, 4.69) is 10.6 Å². The van der Waals surface area contributed by atoms with Crippen LogP contribution in [0.3, 0.4) is 0 Å². The third kappa shape index (κ3) is 3.88. The Labute approximate surface area is 180 Å². The summed E-state index contributed by atoms with van der Waals surface area (Å²) in [6.45, 7) is 3.96. The van der Waals surface area contributed by atoms with Crippen LogP contribution in [0.2, 0.25) is 0 Å². The molecule has 31 heavy (non-hydrogen) atoms. The van der Waals surface area contributed by atoms with Gasteiger partial charge in [-0.3, -0.25) is 18.6 Å². The first-order valence-corrected chi connectivity index (χ1v) is 11.5. The summed E-state index contributed by atoms with van der Waals surface area (Å²) in [7, 11) is -0.986. The topological polar surface area (TPSA) is 95.6 Å². The van der Waals surface area contributed by atoms with Gasteiger partial charge in [0.2, 0.25) is 5.78 Å². The maximum absolute atomic E-state index is 13.5. The normalized spacial score (nSPS) is 29.4. The molecule has 0 bridgehead atoms. The van der Waals surface area contributed by atoms with Crippen molar-refractivity contribution in [1.82, 2.24) is 10.2 Å². The molecule has 0 aliphatic carbocycles. The third-order valence-corrected chi connectivity index (χ3v) is 8.00. The number of nitrogens with zero attached hydrogens (tertiary/aromatic N) is 1. The highest BCUT2D eigenvalue weighted by Crippen LogP contribution is 2.41. The van der Waals surface area contributed by atoms with Crippen LogP contribution in [0.5, 0.6) is 0 Å². The first kappa shape index (κ1) is 21.6. The quantitative estimate of drug-likeness (QED) is 0.662. The van der Waals surface area contributed by atoms with Crippen LogP contribution >= 0.6 is 0 Å². The van der Waals surface area contributed by atoms with Gasteiger partial charge in [-0.2, -0.15) is 0 Å². The number of benzene rings is 1. The lowest BCUT2D eigenvalue weighted by molar-refractivity contribution is -0.141. The van der Waals surface area contributed by atoms with Gasteiger partial charge >= 0.3 is 0 Å². The van der Waals surface area contributed by atoms with Crippen LogP contribution in [-0.4, -0.2) is 56.3 Å². The number of ketones is 1. The van der Waals surface area contributed by atoms with Crippen molar-refractivity contribution in [3.8, 4) is 0 Å². The second-order valence-electron chi connectivity index (χ2n) is 8.60. The average molecular weight is 451 g/mol. The molecule has 2 unspecified atom stereocenters. The van der Waals surface area contributed by atoms with E-state index in [-0.39, 0.29) is 17.4 Å². The minimum absolute atomic E-state index is 0.0957. The van der Waals surface area contributed by atoms with Crippen LogP contribution in [0.15, 0.2) is 29.5 Å². The molecule has 1 aromatic rings. The van der Waals surface area contributed by atoms with Crippen molar-refractivity contribution in [3.63, 3.8) is 0 Å². The van der Waals surface area contributed by atoms with E-state index in [9.17, 15) is 27.4 Å². The number of halogens is 2. The van der Waals surface area contributed by atoms with E-state index in [0.29, 0.717) is 30.0 Å². The van der Waals surface area contributed by atoms with Crippen LogP contribution in [0.25, 0.3) is 0 Å². The molecular weight excluding hydrogens is 428 g/mol. The summed E-state index contributed by atoms with van der Waals surface area (Å²) in [6, 6.07) is 2.76. The molecule has 2 saturated heterocycles. The first-order chi connectivity index (χ1) is 14.6. The molecule has 2 N–H and O–H groups in total. The summed E-state index contributed by atoms with van der Waals surface area (Å²) >= 11 is 0. The Balaban J connectivity index is 1.55. The number of fused-ring (bicyclic) bond motifs is 1. The number of carbonyl (C=O) groups excluding carboxylic acids is 3. The summed E-state index contributed by atoms with van der Waals surface area (Å²) in [5, 5.41) is 5.25. The molecule has 0 spiro atoms. The highest BCUT2D eigenvalue weighted by molar-refractivity contribution is 7.86. The van der Waals surface area contributed by atoms with Crippen molar-refractivity contribution < 1.29 is 27.4 Å². The van der Waals surface area contributed by atoms with Gasteiger partial charge in [-0.15, -0.1) is 0 Å². The molecule has 3 aliphatic rings. The molecule has 1 aromatic carbocycles. The fourth-order valence-corrected chi connectivity index (χ4v) is 6.22. The Morgan fingerprint density at radius 3 is 2.55 bits per heavy atom. The SMILES string of the molecule is CC1=C(C(=O)Nc2ccc(F)c(F)c2)N2CCCC2C1C(=O)C(=O)NC1(C)CS(=O)C1. The Hall–Kier alpha value is -2.62. The zero-order valence-electron chi connectivity index (χ0n) is 17.2. The average Bonchev–Trinajstić information content (AvgIpc) is 3.22. The van der Waals surface area contributed by atoms with Crippen molar-refractivity contribution in [2.24, 2.45) is 5.92 Å². The van der Waals surface area contributed by atoms with E-state index in [1.165, 1.54) is 6.07 Å². The summed E-state index contributed by atoms with van der Waals surface area (Å²) < 4.78 is 38.1. The van der Waals surface area contributed by atoms with E-state index in [4.69, 9.17) is 0 Å². The van der Waals surface area contributed by atoms with Gasteiger partial charge in [-0.05, 0) is 44.4 Å². The van der Waals surface area contributed by atoms with Crippen LogP contribution in [0.1, 0.15) is 26.7 Å². The van der Waals surface area contributed by atoms with E-state index in [1.807, 2.05) is 4.90 Å². The van der Waals surface area contributed by atoms with E-state index in [0.717, 1.165) is 18.6 Å². The van der Waals surface area contributed by atoms with E-state index < -0.39 is 51.5 Å². The van der Waals surface area contributed by atoms with Crippen LogP contribution in [-0.2, 0) is 25.2 Å². The summed E-state index contributed by atoms with van der Waals surface area (Å²) in [6.07, 6.45) is 1.42. The summed E-state index contributed by atoms with van der Waals surface area (Å²) in [5.41, 5.74) is 0.204. The molecule has 2 fully saturated rings. The molecule has 7 nitrogen and oxygen atoms in total. The van der Waals surface area contributed by atoms with Crippen molar-refractivity contribution in [2.45, 2.75) is 38.3 Å². The van der Waals surface area contributed by atoms with Crippen LogP contribution in [0, 0.1) is 17.6 Å². The summed E-state index contributed by atoms with van der Waals surface area (Å²) in [5.74, 6) is -4.14. The van der Waals surface area contributed by atoms with Crippen molar-refractivity contribution >= 4 is 34.1 Å². The molecule has 2 amide bonds. The van der Waals surface area contributed by atoms with Gasteiger partial charge in [0.15, 0.2) is 11.6 Å². The molecule has 166 valence electrons. The Kier molecular flexibility index (Phi) is 5.45. The molecule has 3 aliphatic heterocycles. The molecule has 10 heteroatoms. The molecule has 0 radical (unpaired) electrons. The van der Waals surface area contributed by atoms with Crippen molar-refractivity contribution in [1.29, 1.82) is 0 Å². The van der Waals surface area contributed by atoms with Gasteiger partial charge in [0, 0.05) is 46.6 Å². The fraction of sp³-hybridized carbons (Fsp3) is 0.476. The Morgan fingerprint density at radius 2 is 1.90 bits per heavy atom. The number of hydrogen-bond donors (Lipinski definition) is 2. The third-order valence-electron chi connectivity index (χ3n) is 6.08. The first-order valence-electron chi connectivity index (χ1n) is 10.0. The van der Waals surface area contributed by atoms with Crippen LogP contribution in [0.4, 0.5) is 14.5 Å². The Morgan fingerprint density at radius 1 is 1.19 bits per heavy atom. The highest BCUT2D eigenvalue weighted by Gasteiger charge is 2.49. The zero-order chi connectivity index (χ0) is 22.5. The van der Waals surface area contributed by atoms with E-state index >= 15 is 0 Å². The minimum Gasteiger partial charge on any atom is -0.363 e. The minimum atomic E-state index is -1.08. The van der Waals surface area contributed by atoms with Gasteiger partial charge < -0.3 is 15.5 Å². The molecule has 2 atom stereocenters. The number of carbonyl (C=O) groups is 3. The van der Waals surface area contributed by atoms with Crippen molar-refractivity contribution in [3.05, 3.63) is 41.1 Å². The standard InChI is InChI=1S/C21H23F2N3O4S/c1-11-16(18(27)20(29)25-21(2)9-31(30)10-21)15-4-3-7-26(15)17(11)19(28)24-12-5-6-13(22)14(23)8-12/h5-6,8,15-16H,3-4,7,9-10H2,1-2H3,(H,24,28)(H,25,29). The molecule has 3 heterocycles. The van der Waals surface area contributed by atoms with Crippen molar-refractivity contribution in [2.75, 3.05) is 23.4 Å². The largest absolute Gasteiger partial charge is 0.363 e. The van der Waals surface area contributed by atoms with Gasteiger partial charge in [-0.1, -0.05) is 0 Å². The zero-order valence-corrected chi connectivity index (χ0v) is 18.0. The summed E-state index contributed by atoms with van der Waals surface area (Å²) in [4.78, 5) is 40.4. The molecular formula is C21H23F2N3O4S. The Bertz CT molecular complexity index is 1030. The van der Waals surface area contributed by atoms with Gasteiger partial charge in [0.25, 0.3) is 11.8 Å². The van der Waals surface area contributed by atoms with Gasteiger partial charge in [0.1, 0.15) is 5.70 Å². The van der Waals surface area contributed by atoms with Gasteiger partial charge in [0.05, 0.1) is 11.5 Å². The smallest absolute Gasteiger partial charge is 0.288 e.